The van der Waals surface area contributed by atoms with Crippen molar-refractivity contribution in [2.24, 2.45) is 0 Å². The van der Waals surface area contributed by atoms with Crippen molar-refractivity contribution in [2.75, 3.05) is 13.7 Å². The van der Waals surface area contributed by atoms with Crippen LogP contribution in [-0.4, -0.2) is 25.7 Å². The van der Waals surface area contributed by atoms with Crippen LogP contribution in [-0.2, 0) is 20.7 Å². The second kappa shape index (κ2) is 8.92. The van der Waals surface area contributed by atoms with Crippen LogP contribution >= 0.6 is 11.3 Å². The molecule has 0 saturated carbocycles. The molecule has 0 bridgehead atoms. The maximum Gasteiger partial charge on any atom is 0.335 e. The molecule has 0 spiro atoms. The summed E-state index contributed by atoms with van der Waals surface area (Å²) in [5.41, 5.74) is 1.95. The molecule has 0 aliphatic rings. The van der Waals surface area contributed by atoms with Gasteiger partial charge in [-0.05, 0) is 37.5 Å². The minimum absolute atomic E-state index is 0.329. The van der Waals surface area contributed by atoms with Gasteiger partial charge in [-0.2, -0.15) is 0 Å². The highest BCUT2D eigenvalue weighted by Crippen LogP contribution is 2.44. The van der Waals surface area contributed by atoms with Gasteiger partial charge < -0.3 is 14.2 Å². The van der Waals surface area contributed by atoms with Crippen LogP contribution in [0.1, 0.15) is 17.5 Å². The SMILES string of the molecule is C=CC(=O)OCCCc1ccc2c(sc3c(C)c(OC(=O)C=C)ccc32)c1OC. The molecule has 0 fully saturated rings. The van der Waals surface area contributed by atoms with E-state index in [1.165, 1.54) is 0 Å². The monoisotopic (exact) mass is 410 g/mol. The third-order valence-electron chi connectivity index (χ3n) is 4.63. The first-order valence-corrected chi connectivity index (χ1v) is 9.97. The van der Waals surface area contributed by atoms with Crippen LogP contribution < -0.4 is 9.47 Å². The molecule has 29 heavy (non-hydrogen) atoms. The van der Waals surface area contributed by atoms with E-state index in [1.807, 2.05) is 19.1 Å². The Hall–Kier alpha value is -3.12. The molecule has 5 nitrogen and oxygen atoms in total. The quantitative estimate of drug-likeness (QED) is 0.223. The Bertz CT molecular complexity index is 1110. The van der Waals surface area contributed by atoms with Gasteiger partial charge in [-0.25, -0.2) is 9.59 Å². The second-order valence-electron chi connectivity index (χ2n) is 6.40. The zero-order valence-corrected chi connectivity index (χ0v) is 17.3. The van der Waals surface area contributed by atoms with Crippen LogP contribution in [0, 0.1) is 6.92 Å². The number of hydrogen-bond donors (Lipinski definition) is 0. The fraction of sp³-hybridized carbons (Fsp3) is 0.217. The van der Waals surface area contributed by atoms with Gasteiger partial charge in [-0.15, -0.1) is 11.3 Å². The summed E-state index contributed by atoms with van der Waals surface area (Å²) in [6.45, 7) is 9.09. The molecular weight excluding hydrogens is 388 g/mol. The van der Waals surface area contributed by atoms with Crippen LogP contribution in [0.3, 0.4) is 0 Å². The average Bonchev–Trinajstić information content (AvgIpc) is 3.11. The van der Waals surface area contributed by atoms with E-state index < -0.39 is 11.9 Å². The van der Waals surface area contributed by atoms with Crippen molar-refractivity contribution >= 4 is 43.4 Å². The highest BCUT2D eigenvalue weighted by atomic mass is 32.1. The molecule has 0 amide bonds. The highest BCUT2D eigenvalue weighted by Gasteiger charge is 2.17. The number of ether oxygens (including phenoxy) is 3. The lowest BCUT2D eigenvalue weighted by molar-refractivity contribution is -0.137. The molecule has 0 unspecified atom stereocenters. The van der Waals surface area contributed by atoms with E-state index in [4.69, 9.17) is 14.2 Å². The summed E-state index contributed by atoms with van der Waals surface area (Å²) in [6.07, 6.45) is 3.72. The number of methoxy groups -OCH3 is 1. The summed E-state index contributed by atoms with van der Waals surface area (Å²) in [4.78, 5) is 22.7. The first-order chi connectivity index (χ1) is 14.0. The van der Waals surface area contributed by atoms with E-state index >= 15 is 0 Å². The number of hydrogen-bond acceptors (Lipinski definition) is 6. The Morgan fingerprint density at radius 2 is 1.72 bits per heavy atom. The molecule has 6 heteroatoms. The smallest absolute Gasteiger partial charge is 0.335 e. The Morgan fingerprint density at radius 3 is 2.41 bits per heavy atom. The number of thiophene rings is 1. The van der Waals surface area contributed by atoms with E-state index in [1.54, 1.807) is 24.5 Å². The molecule has 1 aromatic heterocycles. The van der Waals surface area contributed by atoms with E-state index in [9.17, 15) is 9.59 Å². The van der Waals surface area contributed by atoms with Gasteiger partial charge in [-0.1, -0.05) is 25.3 Å². The van der Waals surface area contributed by atoms with Crippen molar-refractivity contribution < 1.29 is 23.8 Å². The van der Waals surface area contributed by atoms with Crippen LogP contribution in [0.4, 0.5) is 0 Å². The van der Waals surface area contributed by atoms with Crippen LogP contribution in [0.25, 0.3) is 20.2 Å². The maximum absolute atomic E-state index is 11.6. The molecule has 150 valence electrons. The number of carbonyl (C=O) groups excluding carboxylic acids is 2. The van der Waals surface area contributed by atoms with E-state index in [0.29, 0.717) is 18.8 Å². The largest absolute Gasteiger partial charge is 0.495 e. The Labute approximate surface area is 173 Å². The molecule has 3 aromatic rings. The molecular formula is C23H22O5S. The van der Waals surface area contributed by atoms with Gasteiger partial charge in [-0.3, -0.25) is 0 Å². The summed E-state index contributed by atoms with van der Waals surface area (Å²) in [5, 5.41) is 2.18. The normalized spacial score (nSPS) is 10.7. The second-order valence-corrected chi connectivity index (χ2v) is 7.42. The average molecular weight is 410 g/mol. The predicted octanol–water partition coefficient (Wildman–Crippen LogP) is 5.12. The van der Waals surface area contributed by atoms with Crippen molar-refractivity contribution in [3.63, 3.8) is 0 Å². The Kier molecular flexibility index (Phi) is 6.34. The minimum atomic E-state index is -0.481. The van der Waals surface area contributed by atoms with Crippen LogP contribution in [0.5, 0.6) is 11.5 Å². The number of aryl methyl sites for hydroxylation is 2. The molecule has 0 saturated heterocycles. The number of benzene rings is 2. The van der Waals surface area contributed by atoms with Gasteiger partial charge in [0.1, 0.15) is 11.5 Å². The zero-order chi connectivity index (χ0) is 21.0. The fourth-order valence-corrected chi connectivity index (χ4v) is 4.55. The van der Waals surface area contributed by atoms with Crippen molar-refractivity contribution in [3.05, 3.63) is 60.7 Å². The van der Waals surface area contributed by atoms with Gasteiger partial charge >= 0.3 is 11.9 Å². The minimum Gasteiger partial charge on any atom is -0.495 e. The Morgan fingerprint density at radius 1 is 1.03 bits per heavy atom. The molecule has 0 atom stereocenters. The van der Waals surface area contributed by atoms with Crippen molar-refractivity contribution in [1.82, 2.24) is 0 Å². The van der Waals surface area contributed by atoms with E-state index in [2.05, 4.69) is 19.2 Å². The van der Waals surface area contributed by atoms with Crippen molar-refractivity contribution in [2.45, 2.75) is 19.8 Å². The van der Waals surface area contributed by atoms with E-state index in [0.717, 1.165) is 55.6 Å². The summed E-state index contributed by atoms with van der Waals surface area (Å²) >= 11 is 1.61. The maximum atomic E-state index is 11.6. The van der Waals surface area contributed by atoms with Gasteiger partial charge in [0.25, 0.3) is 0 Å². The van der Waals surface area contributed by atoms with Crippen LogP contribution in [0.2, 0.25) is 0 Å². The molecule has 3 rings (SSSR count). The summed E-state index contributed by atoms with van der Waals surface area (Å²) in [5.74, 6) is 0.450. The lowest BCUT2D eigenvalue weighted by Crippen LogP contribution is -2.04. The third-order valence-corrected chi connectivity index (χ3v) is 5.97. The summed E-state index contributed by atoms with van der Waals surface area (Å²) < 4.78 is 18.2. The zero-order valence-electron chi connectivity index (χ0n) is 16.4. The number of rotatable bonds is 8. The van der Waals surface area contributed by atoms with Crippen LogP contribution in [0.15, 0.2) is 49.6 Å². The Balaban J connectivity index is 1.96. The number of esters is 2. The summed E-state index contributed by atoms with van der Waals surface area (Å²) in [6, 6.07) is 7.89. The molecule has 0 aliphatic carbocycles. The first kappa shape index (κ1) is 20.6. The van der Waals surface area contributed by atoms with Gasteiger partial charge in [0.05, 0.1) is 18.4 Å². The highest BCUT2D eigenvalue weighted by molar-refractivity contribution is 7.26. The van der Waals surface area contributed by atoms with Gasteiger partial charge in [0.2, 0.25) is 0 Å². The fourth-order valence-electron chi connectivity index (χ4n) is 3.21. The van der Waals surface area contributed by atoms with Crippen molar-refractivity contribution in [3.8, 4) is 11.5 Å². The molecule has 0 radical (unpaired) electrons. The van der Waals surface area contributed by atoms with E-state index in [-0.39, 0.29) is 0 Å². The number of carbonyl (C=O) groups is 2. The molecule has 2 aromatic carbocycles. The third kappa shape index (κ3) is 4.17. The topological polar surface area (TPSA) is 61.8 Å². The standard InChI is InChI=1S/C23H22O5S/c1-5-19(24)27-13-7-8-15-9-10-17-16-11-12-18(28-20(25)6-2)14(3)22(16)29-23(17)21(15)26-4/h5-6,9-12H,1-2,7-8,13H2,3-4H3. The molecule has 1 heterocycles. The van der Waals surface area contributed by atoms with Gasteiger partial charge in [0.15, 0.2) is 0 Å². The number of fused-ring (bicyclic) bond motifs is 3. The summed E-state index contributed by atoms with van der Waals surface area (Å²) in [7, 11) is 1.66. The molecule has 0 N–H and O–H groups in total. The lowest BCUT2D eigenvalue weighted by atomic mass is 10.0. The first-order valence-electron chi connectivity index (χ1n) is 9.15. The van der Waals surface area contributed by atoms with Crippen molar-refractivity contribution in [1.29, 1.82) is 0 Å². The predicted molar refractivity (Wildman–Crippen MR) is 116 cm³/mol. The molecule has 0 aliphatic heterocycles. The lowest BCUT2D eigenvalue weighted by Gasteiger charge is -2.10. The van der Waals surface area contributed by atoms with Gasteiger partial charge in [0, 0.05) is 33.2 Å².